The van der Waals surface area contributed by atoms with Gasteiger partial charge in [-0.1, -0.05) is 48.5 Å². The highest BCUT2D eigenvalue weighted by Gasteiger charge is 2.17. The molecule has 33 heavy (non-hydrogen) atoms. The number of nitrogens with one attached hydrogen (secondary N) is 2. The predicted molar refractivity (Wildman–Crippen MR) is 129 cm³/mol. The Hall–Kier alpha value is -4.24. The first-order valence-electron chi connectivity index (χ1n) is 10.7. The maximum absolute atomic E-state index is 9.62. The molecule has 5 rings (SSSR count). The van der Waals surface area contributed by atoms with E-state index in [2.05, 4.69) is 53.9 Å². The van der Waals surface area contributed by atoms with Crippen LogP contribution in [0.25, 0.3) is 10.8 Å². The van der Waals surface area contributed by atoms with E-state index in [1.807, 2.05) is 30.3 Å². The molecule has 0 unspecified atom stereocenters. The minimum atomic E-state index is 0.176. The van der Waals surface area contributed by atoms with Gasteiger partial charge in [0.15, 0.2) is 0 Å². The maximum Gasteiger partial charge on any atom is 0.250 e. The fraction of sp³-hybridized carbons (Fsp3) is 0.167. The Morgan fingerprint density at radius 2 is 1.70 bits per heavy atom. The Kier molecular flexibility index (Phi) is 5.94. The number of fused-ring (bicyclic) bond motifs is 1. The summed E-state index contributed by atoms with van der Waals surface area (Å²) >= 11 is 0. The van der Waals surface area contributed by atoms with Crippen LogP contribution in [0, 0.1) is 0 Å². The molecule has 3 N–H and O–H groups in total. The van der Waals surface area contributed by atoms with Gasteiger partial charge < -0.3 is 20.1 Å². The van der Waals surface area contributed by atoms with E-state index in [0.29, 0.717) is 44.1 Å². The third kappa shape index (κ3) is 4.99. The van der Waals surface area contributed by atoms with Crippen molar-refractivity contribution in [2.75, 3.05) is 41.9 Å². The van der Waals surface area contributed by atoms with Crippen molar-refractivity contribution in [2.45, 2.75) is 0 Å². The molecule has 1 aliphatic heterocycles. The van der Waals surface area contributed by atoms with Gasteiger partial charge in [0.1, 0.15) is 5.75 Å². The molecule has 166 valence electrons. The van der Waals surface area contributed by atoms with Crippen molar-refractivity contribution in [3.8, 4) is 5.75 Å². The Balaban J connectivity index is 1.44. The maximum atomic E-state index is 9.62. The zero-order valence-electron chi connectivity index (χ0n) is 17.8. The van der Waals surface area contributed by atoms with Crippen LogP contribution in [0.1, 0.15) is 5.56 Å². The molecule has 1 fully saturated rings. The van der Waals surface area contributed by atoms with E-state index in [-0.39, 0.29) is 5.75 Å². The predicted octanol–water partition coefficient (Wildman–Crippen LogP) is 3.76. The summed E-state index contributed by atoms with van der Waals surface area (Å²) in [4.78, 5) is 15.8. The highest BCUT2D eigenvalue weighted by Crippen LogP contribution is 2.26. The number of anilines is 4. The van der Waals surface area contributed by atoms with Crippen LogP contribution in [0.3, 0.4) is 0 Å². The number of ether oxygens (including phenoxy) is 1. The summed E-state index contributed by atoms with van der Waals surface area (Å²) in [6, 6.07) is 21.0. The summed E-state index contributed by atoms with van der Waals surface area (Å²) in [5, 5.41) is 19.4. The van der Waals surface area contributed by atoms with Crippen LogP contribution in [0.2, 0.25) is 0 Å². The van der Waals surface area contributed by atoms with Gasteiger partial charge in [-0.05, 0) is 29.1 Å². The number of nitrogens with zero attached hydrogens (tertiary/aromatic N) is 5. The molecule has 1 aromatic heterocycles. The van der Waals surface area contributed by atoms with Crippen LogP contribution in [0.4, 0.5) is 23.5 Å². The fourth-order valence-corrected chi connectivity index (χ4v) is 3.60. The number of rotatable bonds is 6. The topological polar surface area (TPSA) is 108 Å². The van der Waals surface area contributed by atoms with Gasteiger partial charge in [-0.3, -0.25) is 0 Å². The first-order valence-corrected chi connectivity index (χ1v) is 10.7. The van der Waals surface area contributed by atoms with Gasteiger partial charge in [-0.2, -0.15) is 20.1 Å². The van der Waals surface area contributed by atoms with E-state index in [0.717, 1.165) is 22.0 Å². The third-order valence-corrected chi connectivity index (χ3v) is 5.20. The number of hydrogen-bond acceptors (Lipinski definition) is 9. The summed E-state index contributed by atoms with van der Waals surface area (Å²) in [7, 11) is 0. The van der Waals surface area contributed by atoms with Gasteiger partial charge in [-0.25, -0.2) is 5.43 Å². The number of morpholine rings is 1. The molecule has 1 saturated heterocycles. The zero-order chi connectivity index (χ0) is 22.5. The second-order valence-electron chi connectivity index (χ2n) is 7.50. The SMILES string of the molecule is Oc1cccc(/C=N/Nc2nc(Nc3cccc4ccccc34)nc(N3CCOCC3)n2)c1. The molecular formula is C24H23N7O2. The highest BCUT2D eigenvalue weighted by atomic mass is 16.5. The first kappa shape index (κ1) is 20.7. The van der Waals surface area contributed by atoms with Crippen LogP contribution in [0.5, 0.6) is 5.75 Å². The van der Waals surface area contributed by atoms with Gasteiger partial charge in [0, 0.05) is 24.2 Å². The molecule has 0 saturated carbocycles. The number of hydrogen-bond donors (Lipinski definition) is 3. The molecule has 0 radical (unpaired) electrons. The minimum Gasteiger partial charge on any atom is -0.508 e. The molecule has 0 spiro atoms. The molecule has 3 aromatic carbocycles. The van der Waals surface area contributed by atoms with E-state index in [1.54, 1.807) is 24.4 Å². The van der Waals surface area contributed by atoms with E-state index >= 15 is 0 Å². The van der Waals surface area contributed by atoms with Crippen LogP contribution < -0.4 is 15.6 Å². The monoisotopic (exact) mass is 441 g/mol. The van der Waals surface area contributed by atoms with Gasteiger partial charge in [0.2, 0.25) is 17.8 Å². The molecular weight excluding hydrogens is 418 g/mol. The lowest BCUT2D eigenvalue weighted by molar-refractivity contribution is 0.122. The molecule has 0 aliphatic carbocycles. The fourth-order valence-electron chi connectivity index (χ4n) is 3.60. The van der Waals surface area contributed by atoms with Crippen molar-refractivity contribution in [3.05, 3.63) is 72.3 Å². The lowest BCUT2D eigenvalue weighted by Crippen LogP contribution is -2.37. The summed E-state index contributed by atoms with van der Waals surface area (Å²) < 4.78 is 5.46. The van der Waals surface area contributed by atoms with Crippen LogP contribution >= 0.6 is 0 Å². The van der Waals surface area contributed by atoms with E-state index in [1.165, 1.54) is 0 Å². The second-order valence-corrected chi connectivity index (χ2v) is 7.50. The van der Waals surface area contributed by atoms with Crippen molar-refractivity contribution in [1.82, 2.24) is 15.0 Å². The molecule has 0 amide bonds. The summed E-state index contributed by atoms with van der Waals surface area (Å²) in [6.45, 7) is 2.64. The molecule has 9 heteroatoms. The summed E-state index contributed by atoms with van der Waals surface area (Å²) in [5.41, 5.74) is 4.54. The van der Waals surface area contributed by atoms with Crippen LogP contribution in [0.15, 0.2) is 71.8 Å². The number of benzene rings is 3. The van der Waals surface area contributed by atoms with E-state index in [9.17, 15) is 5.11 Å². The largest absolute Gasteiger partial charge is 0.508 e. The van der Waals surface area contributed by atoms with Crippen molar-refractivity contribution in [1.29, 1.82) is 0 Å². The van der Waals surface area contributed by atoms with Crippen molar-refractivity contribution in [3.63, 3.8) is 0 Å². The minimum absolute atomic E-state index is 0.176. The average Bonchev–Trinajstić information content (AvgIpc) is 2.85. The van der Waals surface area contributed by atoms with E-state index in [4.69, 9.17) is 4.74 Å². The normalized spacial score (nSPS) is 14.0. The van der Waals surface area contributed by atoms with Gasteiger partial charge in [0.05, 0.1) is 19.4 Å². The Morgan fingerprint density at radius 3 is 2.58 bits per heavy atom. The van der Waals surface area contributed by atoms with Gasteiger partial charge >= 0.3 is 0 Å². The number of phenols is 1. The van der Waals surface area contributed by atoms with Crippen molar-refractivity contribution < 1.29 is 9.84 Å². The van der Waals surface area contributed by atoms with Crippen molar-refractivity contribution >= 4 is 40.5 Å². The molecule has 0 atom stereocenters. The molecule has 2 heterocycles. The lowest BCUT2D eigenvalue weighted by atomic mass is 10.1. The summed E-state index contributed by atoms with van der Waals surface area (Å²) in [5.74, 6) is 1.45. The average molecular weight is 441 g/mol. The van der Waals surface area contributed by atoms with Crippen molar-refractivity contribution in [2.24, 2.45) is 5.10 Å². The van der Waals surface area contributed by atoms with Crippen LogP contribution in [-0.2, 0) is 4.74 Å². The van der Waals surface area contributed by atoms with Gasteiger partial charge in [-0.15, -0.1) is 0 Å². The molecule has 9 nitrogen and oxygen atoms in total. The smallest absolute Gasteiger partial charge is 0.250 e. The summed E-state index contributed by atoms with van der Waals surface area (Å²) in [6.07, 6.45) is 1.59. The van der Waals surface area contributed by atoms with E-state index < -0.39 is 0 Å². The molecule has 0 bridgehead atoms. The molecule has 4 aromatic rings. The number of phenolic OH excluding ortho intramolecular Hbond substituents is 1. The Bertz CT molecular complexity index is 1280. The second kappa shape index (κ2) is 9.49. The highest BCUT2D eigenvalue weighted by molar-refractivity contribution is 5.94. The molecule has 1 aliphatic rings. The third-order valence-electron chi connectivity index (χ3n) is 5.20. The number of hydrazone groups is 1. The Morgan fingerprint density at radius 1 is 0.909 bits per heavy atom. The Labute approximate surface area is 190 Å². The number of aromatic hydroxyl groups is 1. The quantitative estimate of drug-likeness (QED) is 0.307. The standard InChI is InChI=1S/C24H23N7O2/c32-19-8-3-5-17(15-19)16-25-30-23-27-22(28-24(29-23)31-11-13-33-14-12-31)26-21-10-4-7-18-6-1-2-9-20(18)21/h1-10,15-16,32H,11-14H2,(H2,26,27,28,29,30)/b25-16+. The lowest BCUT2D eigenvalue weighted by Gasteiger charge is -2.27. The first-order chi connectivity index (χ1) is 16.2. The number of aromatic nitrogens is 3. The van der Waals surface area contributed by atoms with Gasteiger partial charge in [0.25, 0.3) is 0 Å². The zero-order valence-corrected chi connectivity index (χ0v) is 17.8. The van der Waals surface area contributed by atoms with Crippen LogP contribution in [-0.4, -0.2) is 52.6 Å².